The highest BCUT2D eigenvalue weighted by molar-refractivity contribution is 6.32. The van der Waals surface area contributed by atoms with Gasteiger partial charge in [-0.05, 0) is 56.0 Å². The first-order valence-corrected chi connectivity index (χ1v) is 9.75. The minimum absolute atomic E-state index is 0.596. The Morgan fingerprint density at radius 3 is 2.74 bits per heavy atom. The van der Waals surface area contributed by atoms with Gasteiger partial charge in [-0.2, -0.15) is 0 Å². The molecule has 0 atom stereocenters. The number of imidazole rings is 1. The molecular formula is C21H25ClN4O. The molecule has 142 valence electrons. The molecule has 1 aliphatic rings. The molecule has 27 heavy (non-hydrogen) atoms. The number of anilines is 1. The minimum Gasteiger partial charge on any atom is -0.495 e. The summed E-state index contributed by atoms with van der Waals surface area (Å²) in [5.74, 6) is 1.34. The third-order valence-electron chi connectivity index (χ3n) is 5.53. The van der Waals surface area contributed by atoms with Crippen molar-refractivity contribution in [2.45, 2.75) is 19.8 Å². The predicted octanol–water partition coefficient (Wildman–Crippen LogP) is 4.15. The second kappa shape index (κ2) is 7.41. The van der Waals surface area contributed by atoms with E-state index in [0.29, 0.717) is 16.7 Å². The molecule has 0 saturated carbocycles. The number of nitrogens with zero attached hydrogens (tertiary/aromatic N) is 3. The summed E-state index contributed by atoms with van der Waals surface area (Å²) in [4.78, 5) is 7.27. The van der Waals surface area contributed by atoms with Crippen molar-refractivity contribution in [2.24, 2.45) is 11.7 Å². The van der Waals surface area contributed by atoms with Gasteiger partial charge in [0.25, 0.3) is 0 Å². The largest absolute Gasteiger partial charge is 0.495 e. The molecule has 3 heterocycles. The average molecular weight is 385 g/mol. The van der Waals surface area contributed by atoms with Gasteiger partial charge in [-0.25, -0.2) is 4.98 Å². The molecule has 0 aliphatic carbocycles. The summed E-state index contributed by atoms with van der Waals surface area (Å²) in [5.41, 5.74) is 11.0. The van der Waals surface area contributed by atoms with E-state index < -0.39 is 0 Å². The standard InChI is InChI=1S/C21H25ClN4O/c1-14-9-20(27-2)18(22)11-17(14)19-13-26-8-5-16(10-21(26)24-19)25-6-3-15(12-23)4-7-25/h5,8-11,13,15H,3-4,6-7,12,23H2,1-2H3. The third-order valence-corrected chi connectivity index (χ3v) is 5.83. The summed E-state index contributed by atoms with van der Waals surface area (Å²) in [6, 6.07) is 8.20. The van der Waals surface area contributed by atoms with E-state index in [1.807, 2.05) is 25.3 Å². The van der Waals surface area contributed by atoms with E-state index in [1.54, 1.807) is 7.11 Å². The van der Waals surface area contributed by atoms with Crippen molar-refractivity contribution in [3.8, 4) is 17.0 Å². The van der Waals surface area contributed by atoms with Crippen LogP contribution in [0.4, 0.5) is 5.69 Å². The molecule has 1 saturated heterocycles. The van der Waals surface area contributed by atoms with Crippen molar-refractivity contribution < 1.29 is 4.74 Å². The van der Waals surface area contributed by atoms with Crippen LogP contribution in [-0.4, -0.2) is 36.1 Å². The maximum atomic E-state index is 6.33. The quantitative estimate of drug-likeness (QED) is 0.734. The molecule has 3 aromatic rings. The minimum atomic E-state index is 0.596. The van der Waals surface area contributed by atoms with Crippen molar-refractivity contribution >= 4 is 22.9 Å². The van der Waals surface area contributed by atoms with Gasteiger partial charge in [0, 0.05) is 42.8 Å². The van der Waals surface area contributed by atoms with Crippen molar-refractivity contribution in [1.82, 2.24) is 9.38 Å². The molecule has 0 spiro atoms. The molecule has 1 aromatic carbocycles. The number of ether oxygens (including phenoxy) is 1. The highest BCUT2D eigenvalue weighted by Crippen LogP contribution is 2.33. The fourth-order valence-corrected chi connectivity index (χ4v) is 4.05. The number of rotatable bonds is 4. The summed E-state index contributed by atoms with van der Waals surface area (Å²) in [5, 5.41) is 0.596. The van der Waals surface area contributed by atoms with Gasteiger partial charge < -0.3 is 19.8 Å². The lowest BCUT2D eigenvalue weighted by Crippen LogP contribution is -2.36. The maximum absolute atomic E-state index is 6.33. The summed E-state index contributed by atoms with van der Waals surface area (Å²) < 4.78 is 7.36. The number of methoxy groups -OCH3 is 1. The van der Waals surface area contributed by atoms with Crippen molar-refractivity contribution in [3.05, 3.63) is 47.2 Å². The number of hydrogen-bond acceptors (Lipinski definition) is 4. The van der Waals surface area contributed by atoms with E-state index in [0.717, 1.165) is 54.9 Å². The van der Waals surface area contributed by atoms with Gasteiger partial charge in [0.15, 0.2) is 0 Å². The Labute approximate surface area is 164 Å². The Bertz CT molecular complexity index is 960. The van der Waals surface area contributed by atoms with E-state index in [-0.39, 0.29) is 0 Å². The van der Waals surface area contributed by atoms with Crippen LogP contribution < -0.4 is 15.4 Å². The summed E-state index contributed by atoms with van der Waals surface area (Å²) in [7, 11) is 1.63. The molecular weight excluding hydrogens is 360 g/mol. The van der Waals surface area contributed by atoms with Crippen LogP contribution >= 0.6 is 11.6 Å². The zero-order valence-electron chi connectivity index (χ0n) is 15.8. The molecule has 0 amide bonds. The number of benzene rings is 1. The number of aromatic nitrogens is 2. The first-order valence-electron chi connectivity index (χ1n) is 9.37. The van der Waals surface area contributed by atoms with Gasteiger partial charge in [0.2, 0.25) is 0 Å². The van der Waals surface area contributed by atoms with E-state index in [9.17, 15) is 0 Å². The van der Waals surface area contributed by atoms with Gasteiger partial charge in [0.1, 0.15) is 11.4 Å². The number of pyridine rings is 1. The van der Waals surface area contributed by atoms with Crippen LogP contribution in [0.5, 0.6) is 5.75 Å². The monoisotopic (exact) mass is 384 g/mol. The van der Waals surface area contributed by atoms with E-state index >= 15 is 0 Å². The van der Waals surface area contributed by atoms with E-state index in [1.165, 1.54) is 5.69 Å². The number of hydrogen-bond donors (Lipinski definition) is 1. The smallest absolute Gasteiger partial charge is 0.139 e. The molecule has 1 fully saturated rings. The first kappa shape index (κ1) is 18.1. The van der Waals surface area contributed by atoms with Crippen LogP contribution in [0.2, 0.25) is 5.02 Å². The van der Waals surface area contributed by atoms with Crippen LogP contribution in [0.15, 0.2) is 36.7 Å². The van der Waals surface area contributed by atoms with E-state index in [2.05, 4.69) is 27.6 Å². The zero-order valence-corrected chi connectivity index (χ0v) is 16.5. The zero-order chi connectivity index (χ0) is 19.0. The van der Waals surface area contributed by atoms with Gasteiger partial charge in [0.05, 0.1) is 17.8 Å². The molecule has 0 unspecified atom stereocenters. The second-order valence-electron chi connectivity index (χ2n) is 7.24. The Balaban J connectivity index is 1.65. The lowest BCUT2D eigenvalue weighted by atomic mass is 9.97. The molecule has 2 N–H and O–H groups in total. The van der Waals surface area contributed by atoms with Gasteiger partial charge >= 0.3 is 0 Å². The van der Waals surface area contributed by atoms with Crippen molar-refractivity contribution in [1.29, 1.82) is 0 Å². The van der Waals surface area contributed by atoms with Gasteiger partial charge in [-0.15, -0.1) is 0 Å². The molecule has 1 aliphatic heterocycles. The van der Waals surface area contributed by atoms with Crippen molar-refractivity contribution in [3.63, 3.8) is 0 Å². The highest BCUT2D eigenvalue weighted by atomic mass is 35.5. The maximum Gasteiger partial charge on any atom is 0.139 e. The van der Waals surface area contributed by atoms with Crippen LogP contribution in [-0.2, 0) is 0 Å². The molecule has 0 radical (unpaired) electrons. The molecule has 4 rings (SSSR count). The third kappa shape index (κ3) is 3.49. The summed E-state index contributed by atoms with van der Waals surface area (Å²) >= 11 is 6.33. The molecule has 0 bridgehead atoms. The molecule has 6 heteroatoms. The van der Waals surface area contributed by atoms with Crippen LogP contribution in [0.25, 0.3) is 16.9 Å². The summed E-state index contributed by atoms with van der Waals surface area (Å²) in [6.45, 7) is 4.95. The molecule has 5 nitrogen and oxygen atoms in total. The first-order chi connectivity index (χ1) is 13.1. The molecule has 2 aromatic heterocycles. The summed E-state index contributed by atoms with van der Waals surface area (Å²) in [6.07, 6.45) is 6.44. The Morgan fingerprint density at radius 1 is 1.26 bits per heavy atom. The Hall–Kier alpha value is -2.24. The predicted molar refractivity (Wildman–Crippen MR) is 111 cm³/mol. The highest BCUT2D eigenvalue weighted by Gasteiger charge is 2.19. The average Bonchev–Trinajstić information content (AvgIpc) is 3.12. The number of fused-ring (bicyclic) bond motifs is 1. The van der Waals surface area contributed by atoms with E-state index in [4.69, 9.17) is 27.1 Å². The number of piperidine rings is 1. The number of aryl methyl sites for hydroxylation is 1. The van der Waals surface area contributed by atoms with Crippen molar-refractivity contribution in [2.75, 3.05) is 31.6 Å². The van der Waals surface area contributed by atoms with Gasteiger partial charge in [-0.3, -0.25) is 0 Å². The van der Waals surface area contributed by atoms with Crippen LogP contribution in [0.3, 0.4) is 0 Å². The van der Waals surface area contributed by atoms with Crippen LogP contribution in [0.1, 0.15) is 18.4 Å². The fourth-order valence-electron chi connectivity index (χ4n) is 3.81. The van der Waals surface area contributed by atoms with Gasteiger partial charge in [-0.1, -0.05) is 11.6 Å². The number of halogens is 1. The second-order valence-corrected chi connectivity index (χ2v) is 7.65. The Kier molecular flexibility index (Phi) is 4.98. The topological polar surface area (TPSA) is 55.8 Å². The SMILES string of the molecule is COc1cc(C)c(-c2cn3ccc(N4CCC(CN)CC4)cc3n2)cc1Cl. The lowest BCUT2D eigenvalue weighted by Gasteiger charge is -2.33. The fraction of sp³-hybridized carbons (Fsp3) is 0.381. The number of nitrogens with two attached hydrogens (primary N) is 1. The Morgan fingerprint density at radius 2 is 2.04 bits per heavy atom. The lowest BCUT2D eigenvalue weighted by molar-refractivity contribution is 0.414. The normalized spacial score (nSPS) is 15.5. The van der Waals surface area contributed by atoms with Crippen LogP contribution in [0, 0.1) is 12.8 Å².